The molecule has 2 saturated carbocycles. The van der Waals surface area contributed by atoms with Crippen molar-refractivity contribution in [1.82, 2.24) is 0 Å². The van der Waals surface area contributed by atoms with Crippen LogP contribution in [0.3, 0.4) is 0 Å². The molecule has 1 aromatic rings. The molecule has 0 aromatic heterocycles. The third-order valence-electron chi connectivity index (χ3n) is 3.89. The van der Waals surface area contributed by atoms with E-state index >= 15 is 0 Å². The second-order valence-electron chi connectivity index (χ2n) is 5.20. The minimum Gasteiger partial charge on any atom is -0.493 e. The van der Waals surface area contributed by atoms with Crippen molar-refractivity contribution in [3.8, 4) is 11.5 Å². The Morgan fingerprint density at radius 2 is 2.00 bits per heavy atom. The summed E-state index contributed by atoms with van der Waals surface area (Å²) in [5.41, 5.74) is 1.13. The van der Waals surface area contributed by atoms with E-state index in [0.29, 0.717) is 17.4 Å². The van der Waals surface area contributed by atoms with Gasteiger partial charge in [0.1, 0.15) is 0 Å². The van der Waals surface area contributed by atoms with Crippen molar-refractivity contribution in [2.24, 2.45) is 5.92 Å². The predicted molar refractivity (Wildman–Crippen MR) is 67.9 cm³/mol. The van der Waals surface area contributed by atoms with Crippen LogP contribution in [0.2, 0.25) is 0 Å². The van der Waals surface area contributed by atoms with Crippen molar-refractivity contribution in [1.29, 1.82) is 0 Å². The molecule has 96 valence electrons. The average Bonchev–Trinajstić information content (AvgIpc) is 3.12. The van der Waals surface area contributed by atoms with Crippen LogP contribution < -0.4 is 9.47 Å². The van der Waals surface area contributed by atoms with E-state index in [-0.39, 0.29) is 11.9 Å². The third-order valence-corrected chi connectivity index (χ3v) is 3.89. The Bertz CT molecular complexity index is 459. The average molecular weight is 246 g/mol. The fraction of sp³-hybridized carbons (Fsp3) is 0.533. The summed E-state index contributed by atoms with van der Waals surface area (Å²) in [6.07, 6.45) is 5.56. The molecule has 0 aliphatic heterocycles. The number of hydrogen-bond acceptors (Lipinski definition) is 3. The molecule has 0 heterocycles. The number of ether oxygens (including phenoxy) is 2. The Morgan fingerprint density at radius 3 is 2.56 bits per heavy atom. The van der Waals surface area contributed by atoms with Crippen molar-refractivity contribution in [2.45, 2.75) is 38.0 Å². The van der Waals surface area contributed by atoms with Gasteiger partial charge in [-0.15, -0.1) is 0 Å². The first kappa shape index (κ1) is 11.6. The molecule has 3 nitrogen and oxygen atoms in total. The Labute approximate surface area is 107 Å². The summed E-state index contributed by atoms with van der Waals surface area (Å²) in [5.74, 6) is 1.88. The van der Waals surface area contributed by atoms with Gasteiger partial charge in [-0.2, -0.15) is 0 Å². The lowest BCUT2D eigenvalue weighted by Crippen LogP contribution is -2.15. The molecule has 0 bridgehead atoms. The molecule has 0 saturated heterocycles. The molecule has 0 atom stereocenters. The van der Waals surface area contributed by atoms with Gasteiger partial charge in [-0.1, -0.05) is 18.6 Å². The summed E-state index contributed by atoms with van der Waals surface area (Å²) in [6.45, 7) is 0. The van der Waals surface area contributed by atoms with Gasteiger partial charge < -0.3 is 9.47 Å². The van der Waals surface area contributed by atoms with Gasteiger partial charge in [0.25, 0.3) is 0 Å². The third kappa shape index (κ3) is 2.09. The van der Waals surface area contributed by atoms with Gasteiger partial charge in [0, 0.05) is 5.56 Å². The molecule has 2 aliphatic rings. The number of benzene rings is 1. The van der Waals surface area contributed by atoms with Crippen LogP contribution in [0.5, 0.6) is 11.5 Å². The molecular formula is C15H18O3. The van der Waals surface area contributed by atoms with E-state index in [1.54, 1.807) is 7.11 Å². The highest BCUT2D eigenvalue weighted by Crippen LogP contribution is 2.45. The fourth-order valence-corrected chi connectivity index (χ4v) is 2.35. The van der Waals surface area contributed by atoms with E-state index in [2.05, 4.69) is 6.07 Å². The standard InChI is InChI=1S/C15H18O3/c1-17-13-7-3-6-12(10-4-2-5-10)14(13)18-15(16)11-8-9-11/h3,6-7,10-11H,2,4-5,8-9H2,1H3. The molecule has 3 rings (SSSR count). The van der Waals surface area contributed by atoms with Gasteiger partial charge in [-0.05, 0) is 37.7 Å². The fourth-order valence-electron chi connectivity index (χ4n) is 2.35. The van der Waals surface area contributed by atoms with Crippen molar-refractivity contribution in [3.63, 3.8) is 0 Å². The first-order valence-electron chi connectivity index (χ1n) is 6.68. The largest absolute Gasteiger partial charge is 0.493 e. The molecule has 0 N–H and O–H groups in total. The highest BCUT2D eigenvalue weighted by Gasteiger charge is 2.34. The van der Waals surface area contributed by atoms with Gasteiger partial charge in [0.15, 0.2) is 11.5 Å². The number of methoxy groups -OCH3 is 1. The van der Waals surface area contributed by atoms with E-state index in [4.69, 9.17) is 9.47 Å². The van der Waals surface area contributed by atoms with Gasteiger partial charge in [0.2, 0.25) is 0 Å². The highest BCUT2D eigenvalue weighted by atomic mass is 16.6. The Hall–Kier alpha value is -1.51. The Balaban J connectivity index is 1.89. The predicted octanol–water partition coefficient (Wildman–Crippen LogP) is 3.28. The summed E-state index contributed by atoms with van der Waals surface area (Å²) in [6, 6.07) is 5.89. The molecule has 1 aromatic carbocycles. The highest BCUT2D eigenvalue weighted by molar-refractivity contribution is 5.78. The number of rotatable bonds is 4. The molecule has 2 fully saturated rings. The van der Waals surface area contributed by atoms with Crippen LogP contribution in [-0.2, 0) is 4.79 Å². The second kappa shape index (κ2) is 4.63. The number of hydrogen-bond donors (Lipinski definition) is 0. The first-order valence-corrected chi connectivity index (χ1v) is 6.68. The van der Waals surface area contributed by atoms with Gasteiger partial charge in [-0.3, -0.25) is 4.79 Å². The summed E-state index contributed by atoms with van der Waals surface area (Å²) < 4.78 is 10.9. The zero-order valence-electron chi connectivity index (χ0n) is 10.6. The Morgan fingerprint density at radius 1 is 1.22 bits per heavy atom. The monoisotopic (exact) mass is 246 g/mol. The quantitative estimate of drug-likeness (QED) is 0.604. The van der Waals surface area contributed by atoms with Crippen molar-refractivity contribution in [2.75, 3.05) is 7.11 Å². The van der Waals surface area contributed by atoms with E-state index in [1.165, 1.54) is 19.3 Å². The van der Waals surface area contributed by atoms with E-state index in [0.717, 1.165) is 18.4 Å². The van der Waals surface area contributed by atoms with Crippen LogP contribution in [0.1, 0.15) is 43.6 Å². The molecular weight excluding hydrogens is 228 g/mol. The lowest BCUT2D eigenvalue weighted by Gasteiger charge is -2.28. The van der Waals surface area contributed by atoms with Gasteiger partial charge >= 0.3 is 5.97 Å². The van der Waals surface area contributed by atoms with Crippen LogP contribution in [-0.4, -0.2) is 13.1 Å². The zero-order valence-corrected chi connectivity index (χ0v) is 10.6. The summed E-state index contributed by atoms with van der Waals surface area (Å²) in [5, 5.41) is 0. The lowest BCUT2D eigenvalue weighted by atomic mass is 9.79. The number of esters is 1. The summed E-state index contributed by atoms with van der Waals surface area (Å²) >= 11 is 0. The lowest BCUT2D eigenvalue weighted by molar-refractivity contribution is -0.135. The van der Waals surface area contributed by atoms with E-state index in [9.17, 15) is 4.79 Å². The van der Waals surface area contributed by atoms with Crippen LogP contribution in [0, 0.1) is 5.92 Å². The molecule has 0 spiro atoms. The number of carbonyl (C=O) groups excluding carboxylic acids is 1. The van der Waals surface area contributed by atoms with Gasteiger partial charge in [-0.25, -0.2) is 0 Å². The molecule has 2 aliphatic carbocycles. The normalized spacial score (nSPS) is 19.2. The van der Waals surface area contributed by atoms with Crippen LogP contribution in [0.4, 0.5) is 0 Å². The van der Waals surface area contributed by atoms with Gasteiger partial charge in [0.05, 0.1) is 13.0 Å². The minimum absolute atomic E-state index is 0.0972. The maximum atomic E-state index is 11.8. The zero-order chi connectivity index (χ0) is 12.5. The van der Waals surface area contributed by atoms with Crippen molar-refractivity contribution < 1.29 is 14.3 Å². The molecule has 0 amide bonds. The first-order chi connectivity index (χ1) is 8.79. The maximum absolute atomic E-state index is 11.8. The van der Waals surface area contributed by atoms with E-state index < -0.39 is 0 Å². The topological polar surface area (TPSA) is 35.5 Å². The summed E-state index contributed by atoms with van der Waals surface area (Å²) in [7, 11) is 1.62. The van der Waals surface area contributed by atoms with Crippen LogP contribution >= 0.6 is 0 Å². The SMILES string of the molecule is COc1cccc(C2CCC2)c1OC(=O)C1CC1. The van der Waals surface area contributed by atoms with Crippen molar-refractivity contribution >= 4 is 5.97 Å². The second-order valence-corrected chi connectivity index (χ2v) is 5.20. The van der Waals surface area contributed by atoms with E-state index in [1.807, 2.05) is 12.1 Å². The molecule has 0 unspecified atom stereocenters. The van der Waals surface area contributed by atoms with Crippen molar-refractivity contribution in [3.05, 3.63) is 23.8 Å². The van der Waals surface area contributed by atoms with Crippen LogP contribution in [0.15, 0.2) is 18.2 Å². The summed E-state index contributed by atoms with van der Waals surface area (Å²) in [4.78, 5) is 11.8. The number of carbonyl (C=O) groups is 1. The molecule has 3 heteroatoms. The van der Waals surface area contributed by atoms with Crippen LogP contribution in [0.25, 0.3) is 0 Å². The maximum Gasteiger partial charge on any atom is 0.314 e. The Kier molecular flexibility index (Phi) is 2.98. The number of para-hydroxylation sites is 1. The smallest absolute Gasteiger partial charge is 0.314 e. The molecule has 0 radical (unpaired) electrons. The minimum atomic E-state index is -0.0972. The molecule has 18 heavy (non-hydrogen) atoms.